The second-order valence-electron chi connectivity index (χ2n) is 2.05. The summed E-state index contributed by atoms with van der Waals surface area (Å²) in [6, 6.07) is 0. The molecule has 0 aromatic rings. The first-order chi connectivity index (χ1) is 4.60. The number of aliphatic hydroxyl groups is 1. The Hall–Kier alpha value is -0.650. The van der Waals surface area contributed by atoms with E-state index in [9.17, 15) is 4.79 Å². The van der Waals surface area contributed by atoms with Crippen molar-refractivity contribution in [3.63, 3.8) is 0 Å². The van der Waals surface area contributed by atoms with Gasteiger partial charge in [0.05, 0.1) is 6.61 Å². The van der Waals surface area contributed by atoms with Crippen LogP contribution in [0, 0.1) is 0 Å². The highest BCUT2D eigenvalue weighted by atomic mass is 17.1. The number of hydrogen-bond acceptors (Lipinski definition) is 5. The molecule has 0 spiro atoms. The topological polar surface area (TPSA) is 92.8 Å². The minimum atomic E-state index is -1.46. The molecular formula is C5H11NO4. The van der Waals surface area contributed by atoms with Gasteiger partial charge in [-0.3, -0.25) is 4.89 Å². The first-order valence-electron chi connectivity index (χ1n) is 2.86. The van der Waals surface area contributed by atoms with Crippen LogP contribution in [0.3, 0.4) is 0 Å². The third-order valence-electron chi connectivity index (χ3n) is 1.40. The lowest BCUT2D eigenvalue weighted by Crippen LogP contribution is -2.51. The van der Waals surface area contributed by atoms with Crippen molar-refractivity contribution in [3.8, 4) is 0 Å². The number of rotatable bonds is 3. The van der Waals surface area contributed by atoms with Gasteiger partial charge in [0.2, 0.25) is 0 Å². The lowest BCUT2D eigenvalue weighted by Gasteiger charge is -2.19. The molecular weight excluding hydrogens is 138 g/mol. The van der Waals surface area contributed by atoms with Gasteiger partial charge in [0, 0.05) is 0 Å². The van der Waals surface area contributed by atoms with Gasteiger partial charge in [0.1, 0.15) is 5.54 Å². The summed E-state index contributed by atoms with van der Waals surface area (Å²) in [5, 5.41) is 16.4. The molecule has 0 aliphatic carbocycles. The van der Waals surface area contributed by atoms with Crippen molar-refractivity contribution in [2.24, 2.45) is 5.73 Å². The summed E-state index contributed by atoms with van der Waals surface area (Å²) >= 11 is 0. The van der Waals surface area contributed by atoms with Crippen molar-refractivity contribution in [1.82, 2.24) is 0 Å². The molecule has 0 saturated carbocycles. The molecule has 1 atom stereocenters. The second-order valence-corrected chi connectivity index (χ2v) is 2.05. The molecule has 0 aliphatic rings. The van der Waals surface area contributed by atoms with E-state index in [0.717, 1.165) is 0 Å². The Morgan fingerprint density at radius 3 is 2.40 bits per heavy atom. The van der Waals surface area contributed by atoms with Gasteiger partial charge < -0.3 is 10.8 Å². The smallest absolute Gasteiger partial charge is 0.364 e. The number of carbonyl (C=O) groups is 1. The van der Waals surface area contributed by atoms with E-state index in [2.05, 4.69) is 4.89 Å². The fourth-order valence-electron chi connectivity index (χ4n) is 0.412. The van der Waals surface area contributed by atoms with Crippen LogP contribution in [-0.4, -0.2) is 28.5 Å². The molecule has 0 aromatic heterocycles. The molecule has 1 unspecified atom stereocenters. The zero-order valence-corrected chi connectivity index (χ0v) is 5.70. The van der Waals surface area contributed by atoms with Gasteiger partial charge in [-0.05, 0) is 6.42 Å². The summed E-state index contributed by atoms with van der Waals surface area (Å²) < 4.78 is 0. The maximum absolute atomic E-state index is 10.5. The summed E-state index contributed by atoms with van der Waals surface area (Å²) in [5.41, 5.74) is 3.80. The first kappa shape index (κ1) is 9.35. The lowest BCUT2D eigenvalue weighted by molar-refractivity contribution is -0.241. The van der Waals surface area contributed by atoms with Crippen LogP contribution in [0.4, 0.5) is 0 Å². The van der Waals surface area contributed by atoms with Crippen molar-refractivity contribution < 1.29 is 20.0 Å². The van der Waals surface area contributed by atoms with Gasteiger partial charge in [-0.25, -0.2) is 4.79 Å². The lowest BCUT2D eigenvalue weighted by atomic mass is 10.00. The molecule has 0 amide bonds. The van der Waals surface area contributed by atoms with Crippen LogP contribution in [-0.2, 0) is 9.68 Å². The summed E-state index contributed by atoms with van der Waals surface area (Å²) in [4.78, 5) is 13.9. The Kier molecular flexibility index (Phi) is 3.27. The molecule has 5 nitrogen and oxygen atoms in total. The van der Waals surface area contributed by atoms with Crippen LogP contribution < -0.4 is 5.73 Å². The van der Waals surface area contributed by atoms with E-state index in [4.69, 9.17) is 16.1 Å². The van der Waals surface area contributed by atoms with Gasteiger partial charge in [-0.2, -0.15) is 5.26 Å². The van der Waals surface area contributed by atoms with Gasteiger partial charge in [0.25, 0.3) is 0 Å². The van der Waals surface area contributed by atoms with Crippen molar-refractivity contribution >= 4 is 5.97 Å². The highest BCUT2D eigenvalue weighted by molar-refractivity contribution is 5.79. The van der Waals surface area contributed by atoms with E-state index in [1.54, 1.807) is 6.92 Å². The normalized spacial score (nSPS) is 16.0. The first-order valence-corrected chi connectivity index (χ1v) is 2.86. The van der Waals surface area contributed by atoms with E-state index < -0.39 is 18.1 Å². The van der Waals surface area contributed by atoms with E-state index in [-0.39, 0.29) is 6.42 Å². The van der Waals surface area contributed by atoms with Gasteiger partial charge in [0.15, 0.2) is 0 Å². The van der Waals surface area contributed by atoms with E-state index in [1.807, 2.05) is 0 Å². The molecule has 0 heterocycles. The minimum Gasteiger partial charge on any atom is -0.394 e. The van der Waals surface area contributed by atoms with Crippen molar-refractivity contribution in [3.05, 3.63) is 0 Å². The zero-order chi connectivity index (χ0) is 8.20. The largest absolute Gasteiger partial charge is 0.394 e. The monoisotopic (exact) mass is 149 g/mol. The number of hydrogen-bond donors (Lipinski definition) is 3. The average Bonchev–Trinajstić information content (AvgIpc) is 2.01. The molecule has 0 bridgehead atoms. The number of carbonyl (C=O) groups excluding carboxylic acids is 1. The van der Waals surface area contributed by atoms with Crippen molar-refractivity contribution in [2.75, 3.05) is 6.61 Å². The summed E-state index contributed by atoms with van der Waals surface area (Å²) in [6.07, 6.45) is 0.211. The average molecular weight is 149 g/mol. The SMILES string of the molecule is CCC(N)(CO)C(=O)OO. The molecule has 60 valence electrons. The quantitative estimate of drug-likeness (QED) is 0.357. The Morgan fingerprint density at radius 2 is 2.30 bits per heavy atom. The maximum atomic E-state index is 10.5. The molecule has 0 rings (SSSR count). The molecule has 0 radical (unpaired) electrons. The highest BCUT2D eigenvalue weighted by Crippen LogP contribution is 2.06. The van der Waals surface area contributed by atoms with Crippen LogP contribution in [0.2, 0.25) is 0 Å². The van der Waals surface area contributed by atoms with Crippen molar-refractivity contribution in [1.29, 1.82) is 0 Å². The minimum absolute atomic E-state index is 0.211. The van der Waals surface area contributed by atoms with Gasteiger partial charge >= 0.3 is 5.97 Å². The van der Waals surface area contributed by atoms with Crippen LogP contribution in [0.25, 0.3) is 0 Å². The molecule has 0 saturated heterocycles. The van der Waals surface area contributed by atoms with Crippen LogP contribution in [0.1, 0.15) is 13.3 Å². The summed E-state index contributed by atoms with van der Waals surface area (Å²) in [7, 11) is 0. The van der Waals surface area contributed by atoms with E-state index >= 15 is 0 Å². The second kappa shape index (κ2) is 3.50. The molecule has 4 N–H and O–H groups in total. The standard InChI is InChI=1S/C5H11NO4/c1-2-5(6,3-7)4(8)10-9/h7,9H,2-3,6H2,1H3. The number of aliphatic hydroxyl groups excluding tert-OH is 1. The highest BCUT2D eigenvalue weighted by Gasteiger charge is 2.33. The molecule has 0 fully saturated rings. The fourth-order valence-corrected chi connectivity index (χ4v) is 0.412. The van der Waals surface area contributed by atoms with E-state index in [1.165, 1.54) is 0 Å². The van der Waals surface area contributed by atoms with Crippen LogP contribution >= 0.6 is 0 Å². The molecule has 0 aromatic carbocycles. The Bertz CT molecular complexity index is 121. The predicted molar refractivity (Wildman–Crippen MR) is 33.0 cm³/mol. The molecule has 10 heavy (non-hydrogen) atoms. The third kappa shape index (κ3) is 1.66. The van der Waals surface area contributed by atoms with Gasteiger partial charge in [-0.15, -0.1) is 0 Å². The van der Waals surface area contributed by atoms with Crippen molar-refractivity contribution in [2.45, 2.75) is 18.9 Å². The van der Waals surface area contributed by atoms with E-state index in [0.29, 0.717) is 0 Å². The fraction of sp³-hybridized carbons (Fsp3) is 0.800. The summed E-state index contributed by atoms with van der Waals surface area (Å²) in [6.45, 7) is 1.07. The summed E-state index contributed by atoms with van der Waals surface area (Å²) in [5.74, 6) is -1.02. The van der Waals surface area contributed by atoms with Crippen LogP contribution in [0.5, 0.6) is 0 Å². The number of nitrogens with two attached hydrogens (primary N) is 1. The van der Waals surface area contributed by atoms with Gasteiger partial charge in [-0.1, -0.05) is 6.92 Å². The van der Waals surface area contributed by atoms with Crippen LogP contribution in [0.15, 0.2) is 0 Å². The Morgan fingerprint density at radius 1 is 1.80 bits per heavy atom. The molecule has 0 aliphatic heterocycles. The Balaban J connectivity index is 4.17. The maximum Gasteiger partial charge on any atom is 0.364 e. The predicted octanol–water partition coefficient (Wildman–Crippen LogP) is -0.898. The third-order valence-corrected chi connectivity index (χ3v) is 1.40. The Labute approximate surface area is 58.3 Å². The zero-order valence-electron chi connectivity index (χ0n) is 5.70. The molecule has 5 heteroatoms.